The molecule has 0 radical (unpaired) electrons. The summed E-state index contributed by atoms with van der Waals surface area (Å²) in [6.07, 6.45) is 0. The molecule has 6 heteroatoms. The molecule has 0 fully saturated rings. The number of rotatable bonds is 1. The normalized spacial score (nSPS) is 10.1. The van der Waals surface area contributed by atoms with E-state index in [1.807, 2.05) is 6.07 Å². The average molecular weight is 270 g/mol. The van der Waals surface area contributed by atoms with Gasteiger partial charge in [0.25, 0.3) is 0 Å². The second kappa shape index (κ2) is 4.30. The minimum atomic E-state index is 0.193. The number of thiophene rings is 1. The SMILES string of the molecule is N#Cc1nc(-c2sc(Cl)cc2Cl)ccc1N. The summed E-state index contributed by atoms with van der Waals surface area (Å²) in [5.41, 5.74) is 6.73. The second-order valence-electron chi connectivity index (χ2n) is 2.97. The number of aromatic nitrogens is 1. The fraction of sp³-hybridized carbons (Fsp3) is 0. The molecule has 0 amide bonds. The van der Waals surface area contributed by atoms with Crippen LogP contribution in [-0.2, 0) is 0 Å². The Kier molecular flexibility index (Phi) is 3.01. The van der Waals surface area contributed by atoms with Crippen LogP contribution in [0.2, 0.25) is 9.36 Å². The lowest BCUT2D eigenvalue weighted by Crippen LogP contribution is -1.94. The fourth-order valence-corrected chi connectivity index (χ4v) is 2.73. The Labute approximate surface area is 106 Å². The zero-order valence-corrected chi connectivity index (χ0v) is 10.2. The van der Waals surface area contributed by atoms with Gasteiger partial charge >= 0.3 is 0 Å². The monoisotopic (exact) mass is 269 g/mol. The number of nitrogens with two attached hydrogens (primary N) is 1. The van der Waals surface area contributed by atoms with Crippen molar-refractivity contribution in [1.29, 1.82) is 5.26 Å². The van der Waals surface area contributed by atoms with Crippen LogP contribution in [-0.4, -0.2) is 4.98 Å². The predicted octanol–water partition coefficient (Wildman–Crippen LogP) is 3.57. The first-order valence-corrected chi connectivity index (χ1v) is 5.81. The quantitative estimate of drug-likeness (QED) is 0.861. The van der Waals surface area contributed by atoms with Gasteiger partial charge in [-0.2, -0.15) is 5.26 Å². The lowest BCUT2D eigenvalue weighted by atomic mass is 10.2. The van der Waals surface area contributed by atoms with Crippen LogP contribution in [0.1, 0.15) is 5.69 Å². The summed E-state index contributed by atoms with van der Waals surface area (Å²) in [5, 5.41) is 9.34. The van der Waals surface area contributed by atoms with Crippen LogP contribution in [0.25, 0.3) is 10.6 Å². The largest absolute Gasteiger partial charge is 0.396 e. The summed E-state index contributed by atoms with van der Waals surface area (Å²) >= 11 is 13.1. The minimum absolute atomic E-state index is 0.193. The third-order valence-electron chi connectivity index (χ3n) is 1.92. The van der Waals surface area contributed by atoms with Gasteiger partial charge < -0.3 is 5.73 Å². The minimum Gasteiger partial charge on any atom is -0.396 e. The number of anilines is 1. The van der Waals surface area contributed by atoms with Crippen LogP contribution in [0.15, 0.2) is 18.2 Å². The van der Waals surface area contributed by atoms with Gasteiger partial charge in [-0.05, 0) is 18.2 Å². The maximum atomic E-state index is 8.82. The molecule has 3 nitrogen and oxygen atoms in total. The molecular weight excluding hydrogens is 265 g/mol. The summed E-state index contributed by atoms with van der Waals surface area (Å²) in [6.45, 7) is 0. The summed E-state index contributed by atoms with van der Waals surface area (Å²) < 4.78 is 0.581. The molecular formula is C10H5Cl2N3S. The summed E-state index contributed by atoms with van der Waals surface area (Å²) in [7, 11) is 0. The molecule has 0 aromatic carbocycles. The molecule has 0 saturated carbocycles. The van der Waals surface area contributed by atoms with Crippen molar-refractivity contribution in [3.63, 3.8) is 0 Å². The van der Waals surface area contributed by atoms with Gasteiger partial charge in [0.1, 0.15) is 6.07 Å². The Hall–Kier alpha value is -1.28. The molecule has 2 aromatic rings. The van der Waals surface area contributed by atoms with Gasteiger partial charge in [-0.15, -0.1) is 11.3 Å². The maximum Gasteiger partial charge on any atom is 0.164 e. The van der Waals surface area contributed by atoms with E-state index in [2.05, 4.69) is 4.98 Å². The molecule has 0 aliphatic carbocycles. The van der Waals surface area contributed by atoms with Crippen LogP contribution in [0.4, 0.5) is 5.69 Å². The molecule has 0 bridgehead atoms. The molecule has 0 spiro atoms. The predicted molar refractivity (Wildman–Crippen MR) is 66.7 cm³/mol. The van der Waals surface area contributed by atoms with Gasteiger partial charge in [0.15, 0.2) is 5.69 Å². The first kappa shape index (κ1) is 11.2. The van der Waals surface area contributed by atoms with Crippen LogP contribution < -0.4 is 5.73 Å². The molecule has 0 atom stereocenters. The maximum absolute atomic E-state index is 8.82. The molecule has 16 heavy (non-hydrogen) atoms. The highest BCUT2D eigenvalue weighted by Crippen LogP contribution is 2.38. The van der Waals surface area contributed by atoms with Crippen molar-refractivity contribution in [3.8, 4) is 16.6 Å². The number of nitriles is 1. The van der Waals surface area contributed by atoms with Gasteiger partial charge in [-0.1, -0.05) is 23.2 Å². The number of halogens is 2. The van der Waals surface area contributed by atoms with E-state index in [-0.39, 0.29) is 5.69 Å². The van der Waals surface area contributed by atoms with Crippen molar-refractivity contribution < 1.29 is 0 Å². The Balaban J connectivity index is 2.58. The van der Waals surface area contributed by atoms with E-state index in [0.717, 1.165) is 4.88 Å². The molecule has 2 aromatic heterocycles. The van der Waals surface area contributed by atoms with Gasteiger partial charge in [-0.3, -0.25) is 0 Å². The Morgan fingerprint density at radius 2 is 2.12 bits per heavy atom. The van der Waals surface area contributed by atoms with E-state index in [1.165, 1.54) is 11.3 Å². The second-order valence-corrected chi connectivity index (χ2v) is 5.06. The number of pyridine rings is 1. The lowest BCUT2D eigenvalue weighted by Gasteiger charge is -2.00. The average Bonchev–Trinajstić information content (AvgIpc) is 2.59. The molecule has 2 heterocycles. The van der Waals surface area contributed by atoms with Crippen LogP contribution >= 0.6 is 34.5 Å². The van der Waals surface area contributed by atoms with Crippen molar-refractivity contribution in [1.82, 2.24) is 4.98 Å². The topological polar surface area (TPSA) is 62.7 Å². The van der Waals surface area contributed by atoms with Crippen molar-refractivity contribution in [2.75, 3.05) is 5.73 Å². The Bertz CT molecular complexity index is 586. The van der Waals surface area contributed by atoms with Gasteiger partial charge in [-0.25, -0.2) is 4.98 Å². The molecule has 2 rings (SSSR count). The highest BCUT2D eigenvalue weighted by Gasteiger charge is 2.11. The van der Waals surface area contributed by atoms with E-state index in [4.69, 9.17) is 34.2 Å². The molecule has 0 aliphatic rings. The van der Waals surface area contributed by atoms with E-state index < -0.39 is 0 Å². The van der Waals surface area contributed by atoms with Crippen LogP contribution in [0, 0.1) is 11.3 Å². The first-order chi connectivity index (χ1) is 7.61. The van der Waals surface area contributed by atoms with Crippen LogP contribution in [0.3, 0.4) is 0 Å². The number of nitrogen functional groups attached to an aromatic ring is 1. The van der Waals surface area contributed by atoms with Gasteiger partial charge in [0.05, 0.1) is 25.6 Å². The Morgan fingerprint density at radius 1 is 1.38 bits per heavy atom. The third kappa shape index (κ3) is 1.98. The summed E-state index contributed by atoms with van der Waals surface area (Å²) in [6, 6.07) is 6.91. The highest BCUT2D eigenvalue weighted by molar-refractivity contribution is 7.20. The number of nitrogens with zero attached hydrogens (tertiary/aromatic N) is 2. The third-order valence-corrected chi connectivity index (χ3v) is 3.62. The summed E-state index contributed by atoms with van der Waals surface area (Å²) in [4.78, 5) is 4.86. The highest BCUT2D eigenvalue weighted by atomic mass is 35.5. The molecule has 0 saturated heterocycles. The van der Waals surface area contributed by atoms with Gasteiger partial charge in [0.2, 0.25) is 0 Å². The van der Waals surface area contributed by atoms with E-state index in [9.17, 15) is 0 Å². The van der Waals surface area contributed by atoms with Crippen LogP contribution in [0.5, 0.6) is 0 Å². The molecule has 0 aliphatic heterocycles. The first-order valence-electron chi connectivity index (χ1n) is 4.23. The standard InChI is InChI=1S/C10H5Cl2N3S/c11-5-3-9(12)16-10(5)7-2-1-6(14)8(4-13)15-7/h1-3H,14H2. The van der Waals surface area contributed by atoms with E-state index in [1.54, 1.807) is 18.2 Å². The lowest BCUT2D eigenvalue weighted by molar-refractivity contribution is 1.28. The number of hydrogen-bond acceptors (Lipinski definition) is 4. The summed E-state index contributed by atoms with van der Waals surface area (Å²) in [5.74, 6) is 0. The van der Waals surface area contributed by atoms with Crippen molar-refractivity contribution in [2.45, 2.75) is 0 Å². The smallest absolute Gasteiger partial charge is 0.164 e. The van der Waals surface area contributed by atoms with Crippen molar-refractivity contribution in [3.05, 3.63) is 33.3 Å². The zero-order valence-electron chi connectivity index (χ0n) is 7.87. The Morgan fingerprint density at radius 3 is 2.69 bits per heavy atom. The fourth-order valence-electron chi connectivity index (χ4n) is 1.20. The van der Waals surface area contributed by atoms with Crippen molar-refractivity contribution in [2.24, 2.45) is 0 Å². The van der Waals surface area contributed by atoms with E-state index >= 15 is 0 Å². The molecule has 80 valence electrons. The molecule has 0 unspecified atom stereocenters. The molecule has 2 N–H and O–H groups in total. The van der Waals surface area contributed by atoms with Gasteiger partial charge in [0, 0.05) is 0 Å². The zero-order chi connectivity index (χ0) is 11.7. The number of hydrogen-bond donors (Lipinski definition) is 1. The van der Waals surface area contributed by atoms with E-state index in [0.29, 0.717) is 20.7 Å². The van der Waals surface area contributed by atoms with Crippen molar-refractivity contribution >= 4 is 40.2 Å².